The maximum Gasteiger partial charge on any atom is 0.258 e. The van der Waals surface area contributed by atoms with Crippen LogP contribution in [0.15, 0.2) is 22.4 Å². The Kier molecular flexibility index (Phi) is 6.42. The third-order valence-corrected chi connectivity index (χ3v) is 6.95. The summed E-state index contributed by atoms with van der Waals surface area (Å²) >= 11 is 1.48. The minimum atomic E-state index is -0.0203. The van der Waals surface area contributed by atoms with E-state index >= 15 is 0 Å². The smallest absolute Gasteiger partial charge is 0.258 e. The summed E-state index contributed by atoms with van der Waals surface area (Å²) in [6.45, 7) is 3.93. The number of carbonyl (C=O) groups is 1. The highest BCUT2D eigenvalue weighted by molar-refractivity contribution is 7.15. The van der Waals surface area contributed by atoms with Crippen molar-refractivity contribution in [1.82, 2.24) is 19.2 Å². The van der Waals surface area contributed by atoms with E-state index in [0.717, 1.165) is 49.2 Å². The monoisotopic (exact) mass is 402 g/mol. The normalized spacial score (nSPS) is 19.4. The van der Waals surface area contributed by atoms with E-state index in [1.165, 1.54) is 49.9 Å². The van der Waals surface area contributed by atoms with Crippen LogP contribution in [0.25, 0.3) is 4.96 Å². The maximum absolute atomic E-state index is 12.5. The Balaban J connectivity index is 1.21. The molecule has 1 saturated carbocycles. The number of thiazole rings is 1. The molecule has 1 aliphatic heterocycles. The molecular weight excluding hydrogens is 372 g/mol. The number of carbonyl (C=O) groups excluding carboxylic acids is 1. The number of hydrogen-bond acceptors (Lipinski definition) is 5. The van der Waals surface area contributed by atoms with Crippen molar-refractivity contribution in [3.8, 4) is 0 Å². The highest BCUT2D eigenvalue weighted by atomic mass is 32.1. The zero-order valence-corrected chi connectivity index (χ0v) is 17.3. The lowest BCUT2D eigenvalue weighted by atomic mass is 9.86. The van der Waals surface area contributed by atoms with Crippen LogP contribution in [0.2, 0.25) is 0 Å². The van der Waals surface area contributed by atoms with Gasteiger partial charge in [0.2, 0.25) is 5.91 Å². The van der Waals surface area contributed by atoms with Gasteiger partial charge in [0.05, 0.1) is 5.69 Å². The van der Waals surface area contributed by atoms with Gasteiger partial charge in [-0.3, -0.25) is 18.9 Å². The summed E-state index contributed by atoms with van der Waals surface area (Å²) in [4.78, 5) is 34.3. The predicted octanol–water partition coefficient (Wildman–Crippen LogP) is 3.15. The van der Waals surface area contributed by atoms with E-state index in [2.05, 4.69) is 9.88 Å². The molecule has 1 saturated heterocycles. The average molecular weight is 403 g/mol. The standard InChI is InChI=1S/C21H30N4O2S/c26-19(8-4-7-17-5-2-1-3-6-17)24-11-9-23(10-12-24)16-18-15-20(27)25-13-14-28-21(25)22-18/h13-15,17H,1-12,16H2. The van der Waals surface area contributed by atoms with Crippen molar-refractivity contribution in [2.24, 2.45) is 5.92 Å². The fourth-order valence-electron chi connectivity index (χ4n) is 4.53. The molecule has 0 unspecified atom stereocenters. The Bertz CT molecular complexity index is 847. The number of nitrogens with zero attached hydrogens (tertiary/aromatic N) is 4. The first-order valence-electron chi connectivity index (χ1n) is 10.6. The molecule has 0 bridgehead atoms. The molecule has 0 atom stereocenters. The molecule has 1 aliphatic carbocycles. The molecule has 0 aromatic carbocycles. The van der Waals surface area contributed by atoms with E-state index in [1.54, 1.807) is 16.7 Å². The lowest BCUT2D eigenvalue weighted by molar-refractivity contribution is -0.133. The van der Waals surface area contributed by atoms with Crippen LogP contribution in [0, 0.1) is 5.92 Å². The SMILES string of the molecule is O=C(CCCC1CCCCC1)N1CCN(Cc2cc(=O)n3ccsc3n2)CC1. The summed E-state index contributed by atoms with van der Waals surface area (Å²) in [6, 6.07) is 1.63. The van der Waals surface area contributed by atoms with Crippen molar-refractivity contribution in [1.29, 1.82) is 0 Å². The molecule has 0 radical (unpaired) electrons. The number of amides is 1. The van der Waals surface area contributed by atoms with Crippen molar-refractivity contribution < 1.29 is 4.79 Å². The van der Waals surface area contributed by atoms with Crippen LogP contribution in [0.5, 0.6) is 0 Å². The summed E-state index contributed by atoms with van der Waals surface area (Å²) in [5.74, 6) is 1.17. The van der Waals surface area contributed by atoms with Gasteiger partial charge in [0.15, 0.2) is 4.96 Å². The van der Waals surface area contributed by atoms with E-state index in [-0.39, 0.29) is 5.56 Å². The van der Waals surface area contributed by atoms with Crippen LogP contribution in [0.3, 0.4) is 0 Å². The Labute approximate surface area is 170 Å². The lowest BCUT2D eigenvalue weighted by Gasteiger charge is -2.34. The molecular formula is C21H30N4O2S. The maximum atomic E-state index is 12.5. The van der Waals surface area contributed by atoms with Gasteiger partial charge in [0.25, 0.3) is 5.56 Å². The van der Waals surface area contributed by atoms with Crippen molar-refractivity contribution in [2.45, 2.75) is 57.9 Å². The molecule has 6 nitrogen and oxygen atoms in total. The second-order valence-electron chi connectivity index (χ2n) is 8.19. The van der Waals surface area contributed by atoms with E-state index in [9.17, 15) is 9.59 Å². The second kappa shape index (κ2) is 9.18. The summed E-state index contributed by atoms with van der Waals surface area (Å²) in [5.41, 5.74) is 0.799. The lowest BCUT2D eigenvalue weighted by Crippen LogP contribution is -2.48. The average Bonchev–Trinajstić information content (AvgIpc) is 3.18. The van der Waals surface area contributed by atoms with Crippen molar-refractivity contribution in [3.63, 3.8) is 0 Å². The zero-order chi connectivity index (χ0) is 19.3. The summed E-state index contributed by atoms with van der Waals surface area (Å²) in [5, 5.41) is 1.88. The molecule has 3 heterocycles. The van der Waals surface area contributed by atoms with Crippen LogP contribution in [0.4, 0.5) is 0 Å². The minimum absolute atomic E-state index is 0.0203. The fourth-order valence-corrected chi connectivity index (χ4v) is 5.27. The van der Waals surface area contributed by atoms with Crippen LogP contribution in [0.1, 0.15) is 57.1 Å². The molecule has 1 amide bonds. The van der Waals surface area contributed by atoms with Crippen LogP contribution in [-0.4, -0.2) is 51.3 Å². The van der Waals surface area contributed by atoms with Gasteiger partial charge >= 0.3 is 0 Å². The highest BCUT2D eigenvalue weighted by Crippen LogP contribution is 2.27. The molecule has 7 heteroatoms. The fraction of sp³-hybridized carbons (Fsp3) is 0.667. The number of hydrogen-bond donors (Lipinski definition) is 0. The first-order chi connectivity index (χ1) is 13.7. The Morgan fingerprint density at radius 3 is 2.71 bits per heavy atom. The number of piperazine rings is 1. The number of fused-ring (bicyclic) bond motifs is 1. The first-order valence-corrected chi connectivity index (χ1v) is 11.5. The number of rotatable bonds is 6. The van der Waals surface area contributed by atoms with Crippen LogP contribution >= 0.6 is 11.3 Å². The predicted molar refractivity (Wildman–Crippen MR) is 112 cm³/mol. The minimum Gasteiger partial charge on any atom is -0.340 e. The molecule has 0 N–H and O–H groups in total. The highest BCUT2D eigenvalue weighted by Gasteiger charge is 2.22. The van der Waals surface area contributed by atoms with Crippen LogP contribution in [-0.2, 0) is 11.3 Å². The van der Waals surface area contributed by atoms with E-state index in [4.69, 9.17) is 0 Å². The Morgan fingerprint density at radius 1 is 1.14 bits per heavy atom. The summed E-state index contributed by atoms with van der Waals surface area (Å²) in [6.07, 6.45) is 11.6. The second-order valence-corrected chi connectivity index (χ2v) is 9.07. The number of aromatic nitrogens is 2. The molecule has 28 heavy (non-hydrogen) atoms. The van der Waals surface area contributed by atoms with Gasteiger partial charge in [0.1, 0.15) is 0 Å². The molecule has 2 aliphatic rings. The molecule has 2 fully saturated rings. The van der Waals surface area contributed by atoms with Gasteiger partial charge in [-0.25, -0.2) is 4.98 Å². The largest absolute Gasteiger partial charge is 0.340 e. The third kappa shape index (κ3) is 4.81. The van der Waals surface area contributed by atoms with Gasteiger partial charge in [-0.2, -0.15) is 0 Å². The van der Waals surface area contributed by atoms with E-state index in [0.29, 0.717) is 18.9 Å². The Hall–Kier alpha value is -1.73. The van der Waals surface area contributed by atoms with Gasteiger partial charge < -0.3 is 4.90 Å². The summed E-state index contributed by atoms with van der Waals surface area (Å²) in [7, 11) is 0. The van der Waals surface area contributed by atoms with E-state index in [1.807, 2.05) is 10.3 Å². The topological polar surface area (TPSA) is 57.9 Å². The Morgan fingerprint density at radius 2 is 1.93 bits per heavy atom. The van der Waals surface area contributed by atoms with Crippen molar-refractivity contribution in [2.75, 3.05) is 26.2 Å². The van der Waals surface area contributed by atoms with Crippen LogP contribution < -0.4 is 5.56 Å². The van der Waals surface area contributed by atoms with Gasteiger partial charge in [0, 0.05) is 56.8 Å². The quantitative estimate of drug-likeness (QED) is 0.745. The zero-order valence-electron chi connectivity index (χ0n) is 16.5. The van der Waals surface area contributed by atoms with Crippen molar-refractivity contribution in [3.05, 3.63) is 33.7 Å². The van der Waals surface area contributed by atoms with Gasteiger partial charge in [-0.15, -0.1) is 11.3 Å². The molecule has 0 spiro atoms. The van der Waals surface area contributed by atoms with E-state index < -0.39 is 0 Å². The first kappa shape index (κ1) is 19.6. The molecule has 2 aromatic rings. The molecule has 2 aromatic heterocycles. The van der Waals surface area contributed by atoms with Crippen molar-refractivity contribution >= 4 is 22.2 Å². The molecule has 4 rings (SSSR count). The summed E-state index contributed by atoms with van der Waals surface area (Å²) < 4.78 is 1.58. The third-order valence-electron chi connectivity index (χ3n) is 6.19. The van der Waals surface area contributed by atoms with Gasteiger partial charge in [-0.1, -0.05) is 32.1 Å². The van der Waals surface area contributed by atoms with Gasteiger partial charge in [-0.05, 0) is 18.8 Å². The molecule has 152 valence electrons.